The zero-order chi connectivity index (χ0) is 21.1. The first-order valence-corrected chi connectivity index (χ1v) is 9.85. The number of hydrogen-bond donors (Lipinski definition) is 2. The molecule has 2 fully saturated rings. The van der Waals surface area contributed by atoms with Crippen molar-refractivity contribution < 1.29 is 28.2 Å². The summed E-state index contributed by atoms with van der Waals surface area (Å²) in [6, 6.07) is 1.12. The van der Waals surface area contributed by atoms with Crippen LogP contribution in [-0.2, 0) is 11.3 Å². The van der Waals surface area contributed by atoms with Gasteiger partial charge in [-0.3, -0.25) is 0 Å². The lowest BCUT2D eigenvalue weighted by Crippen LogP contribution is -2.57. The molecule has 1 aliphatic heterocycles. The number of amides is 3. The van der Waals surface area contributed by atoms with Crippen molar-refractivity contribution in [2.75, 3.05) is 26.8 Å². The summed E-state index contributed by atoms with van der Waals surface area (Å²) in [5.74, 6) is -1.64. The van der Waals surface area contributed by atoms with Gasteiger partial charge in [-0.2, -0.15) is 0 Å². The molecule has 0 spiro atoms. The molecule has 7 nitrogen and oxygen atoms in total. The fraction of sp³-hybridized carbons (Fsp3) is 0.579. The molecule has 3 rings (SSSR count). The number of benzene rings is 1. The van der Waals surface area contributed by atoms with Gasteiger partial charge >= 0.3 is 12.1 Å². The van der Waals surface area contributed by atoms with Crippen molar-refractivity contribution in [1.82, 2.24) is 15.1 Å². The lowest BCUT2D eigenvalue weighted by molar-refractivity contribution is 0.0464. The predicted molar refractivity (Wildman–Crippen MR) is 101 cm³/mol. The third-order valence-corrected chi connectivity index (χ3v) is 5.58. The van der Waals surface area contributed by atoms with E-state index < -0.39 is 23.8 Å². The highest BCUT2D eigenvalue weighted by atomic mass is 35.5. The highest BCUT2D eigenvalue weighted by Gasteiger charge is 2.42. The van der Waals surface area contributed by atoms with Crippen LogP contribution in [0.1, 0.15) is 24.8 Å². The maximum absolute atomic E-state index is 14.0. The zero-order valence-electron chi connectivity index (χ0n) is 16.0. The summed E-state index contributed by atoms with van der Waals surface area (Å²) in [6.45, 7) is 0.338. The van der Waals surface area contributed by atoms with Crippen LogP contribution in [0.3, 0.4) is 0 Å². The summed E-state index contributed by atoms with van der Waals surface area (Å²) in [5, 5.41) is 11.9. The van der Waals surface area contributed by atoms with Crippen LogP contribution >= 0.6 is 11.6 Å². The molecule has 2 N–H and O–H groups in total. The minimum Gasteiger partial charge on any atom is -0.453 e. The molecule has 3 amide bonds. The number of piperidine rings is 1. The average molecular weight is 432 g/mol. The van der Waals surface area contributed by atoms with Gasteiger partial charge in [0.1, 0.15) is 11.6 Å². The number of urea groups is 1. The fourth-order valence-electron chi connectivity index (χ4n) is 3.73. The van der Waals surface area contributed by atoms with E-state index in [0.29, 0.717) is 13.0 Å². The van der Waals surface area contributed by atoms with Gasteiger partial charge in [0.05, 0.1) is 18.2 Å². The molecule has 1 heterocycles. The first-order chi connectivity index (χ1) is 13.8. The largest absolute Gasteiger partial charge is 0.453 e. The molecule has 1 saturated heterocycles. The van der Waals surface area contributed by atoms with Crippen molar-refractivity contribution in [3.63, 3.8) is 0 Å². The number of carbonyl (C=O) groups excluding carboxylic acids is 2. The van der Waals surface area contributed by atoms with Crippen molar-refractivity contribution in [2.24, 2.45) is 5.92 Å². The summed E-state index contributed by atoms with van der Waals surface area (Å²) in [5.41, 5.74) is -0.0101. The molecule has 1 aromatic carbocycles. The van der Waals surface area contributed by atoms with Crippen LogP contribution in [0.25, 0.3) is 0 Å². The number of ether oxygens (including phenoxy) is 1. The molecule has 1 saturated carbocycles. The van der Waals surface area contributed by atoms with Crippen LogP contribution in [-0.4, -0.2) is 65.9 Å². The van der Waals surface area contributed by atoms with E-state index >= 15 is 0 Å². The molecular formula is C19H24ClF2N3O4. The Balaban J connectivity index is 1.71. The van der Waals surface area contributed by atoms with E-state index in [1.54, 1.807) is 4.90 Å². The smallest absolute Gasteiger partial charge is 0.409 e. The minimum atomic E-state index is -0.761. The van der Waals surface area contributed by atoms with Gasteiger partial charge in [-0.25, -0.2) is 18.4 Å². The van der Waals surface area contributed by atoms with Crippen LogP contribution in [0.15, 0.2) is 12.1 Å². The van der Waals surface area contributed by atoms with Gasteiger partial charge in [-0.15, -0.1) is 0 Å². The van der Waals surface area contributed by atoms with Crippen molar-refractivity contribution in [3.8, 4) is 0 Å². The molecule has 0 radical (unpaired) electrons. The SMILES string of the molecule is COC(=O)N1C[C@@H](CO)C[C@@H](N(C(=O)NCc2cc(F)c(Cl)cc2F)C2CC2)C1. The Morgan fingerprint density at radius 3 is 2.62 bits per heavy atom. The number of methoxy groups -OCH3 is 1. The number of carbonyl (C=O) groups is 2. The van der Waals surface area contributed by atoms with Crippen molar-refractivity contribution in [3.05, 3.63) is 34.4 Å². The van der Waals surface area contributed by atoms with Gasteiger partial charge in [0.15, 0.2) is 0 Å². The van der Waals surface area contributed by atoms with Gasteiger partial charge in [0.2, 0.25) is 0 Å². The molecule has 0 aromatic heterocycles. The van der Waals surface area contributed by atoms with E-state index in [1.807, 2.05) is 0 Å². The highest BCUT2D eigenvalue weighted by Crippen LogP contribution is 2.33. The number of rotatable bonds is 5. The zero-order valence-corrected chi connectivity index (χ0v) is 16.8. The molecular weight excluding hydrogens is 408 g/mol. The first kappa shape index (κ1) is 21.6. The molecule has 1 aliphatic carbocycles. The topological polar surface area (TPSA) is 82.1 Å². The lowest BCUT2D eigenvalue weighted by atomic mass is 9.94. The Bertz CT molecular complexity index is 778. The standard InChI is InChI=1S/C19H24ClF2N3O4/c1-29-19(28)24-8-11(10-26)4-14(9-24)25(13-2-3-13)18(27)23-7-12-5-17(22)15(20)6-16(12)21/h5-6,11,13-14,26H,2-4,7-10H2,1H3,(H,23,27)/t11-,14+/m0/s1. The molecule has 2 aliphatic rings. The number of hydrogen-bond acceptors (Lipinski definition) is 4. The molecule has 0 bridgehead atoms. The summed E-state index contributed by atoms with van der Waals surface area (Å²) < 4.78 is 32.4. The van der Waals surface area contributed by atoms with Crippen molar-refractivity contribution in [2.45, 2.75) is 37.9 Å². The Morgan fingerprint density at radius 2 is 2.00 bits per heavy atom. The minimum absolute atomic E-state index is 0.0101. The van der Waals surface area contributed by atoms with Gasteiger partial charge < -0.3 is 25.0 Å². The maximum Gasteiger partial charge on any atom is 0.409 e. The lowest BCUT2D eigenvalue weighted by Gasteiger charge is -2.41. The average Bonchev–Trinajstić information content (AvgIpc) is 3.53. The number of nitrogens with zero attached hydrogens (tertiary/aromatic N) is 2. The number of likely N-dealkylation sites (tertiary alicyclic amines) is 1. The van der Waals surface area contributed by atoms with Crippen LogP contribution in [0.5, 0.6) is 0 Å². The Labute approximate surface area is 172 Å². The third-order valence-electron chi connectivity index (χ3n) is 5.29. The van der Waals surface area contributed by atoms with Crippen LogP contribution in [0.4, 0.5) is 18.4 Å². The van der Waals surface area contributed by atoms with Crippen molar-refractivity contribution in [1.29, 1.82) is 0 Å². The Morgan fingerprint density at radius 1 is 1.28 bits per heavy atom. The monoisotopic (exact) mass is 431 g/mol. The molecule has 10 heteroatoms. The number of halogens is 3. The van der Waals surface area contributed by atoms with Gasteiger partial charge in [-0.05, 0) is 31.4 Å². The van der Waals surface area contributed by atoms with Crippen LogP contribution < -0.4 is 5.32 Å². The number of aliphatic hydroxyl groups is 1. The number of nitrogens with one attached hydrogen (secondary N) is 1. The van der Waals surface area contributed by atoms with Gasteiger partial charge in [-0.1, -0.05) is 11.6 Å². The molecule has 29 heavy (non-hydrogen) atoms. The second-order valence-corrected chi connectivity index (χ2v) is 7.88. The third kappa shape index (κ3) is 5.08. The van der Waals surface area contributed by atoms with E-state index in [2.05, 4.69) is 5.32 Å². The molecule has 2 atom stereocenters. The summed E-state index contributed by atoms with van der Waals surface area (Å²) in [4.78, 5) is 28.0. The maximum atomic E-state index is 14.0. The van der Waals surface area contributed by atoms with Crippen molar-refractivity contribution >= 4 is 23.7 Å². The first-order valence-electron chi connectivity index (χ1n) is 9.47. The molecule has 0 unspecified atom stereocenters. The number of aliphatic hydroxyl groups excluding tert-OH is 1. The van der Waals surface area contributed by atoms with Crippen LogP contribution in [0.2, 0.25) is 5.02 Å². The van der Waals surface area contributed by atoms with E-state index in [0.717, 1.165) is 25.0 Å². The Kier molecular flexibility index (Phi) is 6.79. The van der Waals surface area contributed by atoms with E-state index in [9.17, 15) is 23.5 Å². The Hall–Kier alpha value is -2.13. The van der Waals surface area contributed by atoms with E-state index in [4.69, 9.17) is 16.3 Å². The second-order valence-electron chi connectivity index (χ2n) is 7.47. The molecule has 160 valence electrons. The molecule has 1 aromatic rings. The quantitative estimate of drug-likeness (QED) is 0.702. The summed E-state index contributed by atoms with van der Waals surface area (Å²) in [7, 11) is 1.28. The van der Waals surface area contributed by atoms with Gasteiger partial charge in [0, 0.05) is 43.8 Å². The van der Waals surface area contributed by atoms with E-state index in [-0.39, 0.29) is 48.3 Å². The van der Waals surface area contributed by atoms with E-state index in [1.165, 1.54) is 12.0 Å². The second kappa shape index (κ2) is 9.13. The summed E-state index contributed by atoms with van der Waals surface area (Å²) >= 11 is 5.56. The van der Waals surface area contributed by atoms with Crippen LogP contribution in [0, 0.1) is 17.6 Å². The van der Waals surface area contributed by atoms with Gasteiger partial charge in [0.25, 0.3) is 0 Å². The predicted octanol–water partition coefficient (Wildman–Crippen LogP) is 2.74. The normalized spacial score (nSPS) is 21.6. The highest BCUT2D eigenvalue weighted by molar-refractivity contribution is 6.30. The fourth-order valence-corrected chi connectivity index (χ4v) is 3.88. The summed E-state index contributed by atoms with van der Waals surface area (Å²) in [6.07, 6.45) is 1.69.